The van der Waals surface area contributed by atoms with Gasteiger partial charge in [-0.1, -0.05) is 18.5 Å². The van der Waals surface area contributed by atoms with Gasteiger partial charge in [-0.3, -0.25) is 4.79 Å². The van der Waals surface area contributed by atoms with Crippen LogP contribution in [0.15, 0.2) is 18.3 Å². The Morgan fingerprint density at radius 1 is 1.60 bits per heavy atom. The Kier molecular flexibility index (Phi) is 4.45. The number of carbonyl (C=O) groups is 1. The second kappa shape index (κ2) is 5.63. The second-order valence-corrected chi connectivity index (χ2v) is 3.52. The summed E-state index contributed by atoms with van der Waals surface area (Å²) in [6.45, 7) is 1.75. The molecule has 1 heterocycles. The van der Waals surface area contributed by atoms with Crippen LogP contribution in [0.5, 0.6) is 0 Å². The van der Waals surface area contributed by atoms with Crippen LogP contribution in [-0.2, 0) is 4.79 Å². The first-order valence-corrected chi connectivity index (χ1v) is 5.13. The highest BCUT2D eigenvalue weighted by Crippen LogP contribution is 2.09. The third-order valence-corrected chi connectivity index (χ3v) is 1.99. The van der Waals surface area contributed by atoms with Gasteiger partial charge in [0.15, 0.2) is 5.11 Å². The molecule has 0 fully saturated rings. The average molecular weight is 244 g/mol. The zero-order chi connectivity index (χ0) is 11.3. The number of amides is 1. The molecule has 0 atom stereocenters. The van der Waals surface area contributed by atoms with Gasteiger partial charge in [0, 0.05) is 6.42 Å². The Hall–Kier alpha value is -1.20. The van der Waals surface area contributed by atoms with Crippen molar-refractivity contribution in [3.05, 3.63) is 23.5 Å². The lowest BCUT2D eigenvalue weighted by molar-refractivity contribution is -0.119. The highest BCUT2D eigenvalue weighted by molar-refractivity contribution is 7.80. The molecule has 0 aliphatic carbocycles. The SMILES string of the molecule is CCC(=O)NC(=S)Nc1ccc(Cl)nc1. The lowest BCUT2D eigenvalue weighted by Crippen LogP contribution is -2.33. The monoisotopic (exact) mass is 243 g/mol. The molecule has 0 unspecified atom stereocenters. The fourth-order valence-corrected chi connectivity index (χ4v) is 1.17. The molecule has 1 amide bonds. The second-order valence-electron chi connectivity index (χ2n) is 2.73. The number of hydrogen-bond donors (Lipinski definition) is 2. The van der Waals surface area contributed by atoms with Crippen LogP contribution in [0.4, 0.5) is 5.69 Å². The number of pyridine rings is 1. The fourth-order valence-electron chi connectivity index (χ4n) is 0.827. The Morgan fingerprint density at radius 3 is 2.87 bits per heavy atom. The van der Waals surface area contributed by atoms with E-state index < -0.39 is 0 Å². The van der Waals surface area contributed by atoms with E-state index >= 15 is 0 Å². The topological polar surface area (TPSA) is 54.0 Å². The Balaban J connectivity index is 2.51. The summed E-state index contributed by atoms with van der Waals surface area (Å²) in [7, 11) is 0. The predicted octanol–water partition coefficient (Wildman–Crippen LogP) is 1.96. The Morgan fingerprint density at radius 2 is 2.33 bits per heavy atom. The lowest BCUT2D eigenvalue weighted by atomic mass is 10.4. The molecule has 0 aromatic carbocycles. The molecule has 0 aliphatic heterocycles. The largest absolute Gasteiger partial charge is 0.331 e. The van der Waals surface area contributed by atoms with Crippen molar-refractivity contribution >= 4 is 40.5 Å². The summed E-state index contributed by atoms with van der Waals surface area (Å²) in [5.74, 6) is -0.130. The number of rotatable bonds is 2. The molecule has 2 N–H and O–H groups in total. The molecule has 0 saturated heterocycles. The quantitative estimate of drug-likeness (QED) is 0.616. The molecule has 1 aromatic rings. The van der Waals surface area contributed by atoms with Crippen molar-refractivity contribution in [2.75, 3.05) is 5.32 Å². The lowest BCUT2D eigenvalue weighted by Gasteiger charge is -2.07. The van der Waals surface area contributed by atoms with E-state index in [0.29, 0.717) is 17.3 Å². The molecule has 1 aromatic heterocycles. The first kappa shape index (κ1) is 11.9. The molecular formula is C9H10ClN3OS. The normalized spacial score (nSPS) is 9.47. The molecule has 0 saturated carbocycles. The summed E-state index contributed by atoms with van der Waals surface area (Å²) in [6, 6.07) is 3.36. The van der Waals surface area contributed by atoms with Gasteiger partial charge >= 0.3 is 0 Å². The minimum atomic E-state index is -0.130. The summed E-state index contributed by atoms with van der Waals surface area (Å²) >= 11 is 10.5. The van der Waals surface area contributed by atoms with Crippen molar-refractivity contribution in [1.29, 1.82) is 0 Å². The molecular weight excluding hydrogens is 234 g/mol. The van der Waals surface area contributed by atoms with Gasteiger partial charge in [0.05, 0.1) is 11.9 Å². The standard InChI is InChI=1S/C9H10ClN3OS/c1-2-8(14)13-9(15)12-6-3-4-7(10)11-5-6/h3-5H,2H2,1H3,(H2,12,13,14,15). The van der Waals surface area contributed by atoms with E-state index in [1.165, 1.54) is 6.20 Å². The average Bonchev–Trinajstić information content (AvgIpc) is 2.21. The number of nitrogens with one attached hydrogen (secondary N) is 2. The molecule has 15 heavy (non-hydrogen) atoms. The van der Waals surface area contributed by atoms with Crippen molar-refractivity contribution < 1.29 is 4.79 Å². The summed E-state index contributed by atoms with van der Waals surface area (Å²) < 4.78 is 0. The van der Waals surface area contributed by atoms with Crippen LogP contribution in [0.25, 0.3) is 0 Å². The van der Waals surface area contributed by atoms with Gasteiger partial charge in [-0.2, -0.15) is 0 Å². The number of carbonyl (C=O) groups excluding carboxylic acids is 1. The van der Waals surface area contributed by atoms with E-state index in [1.807, 2.05) is 0 Å². The van der Waals surface area contributed by atoms with Crippen LogP contribution >= 0.6 is 23.8 Å². The molecule has 6 heteroatoms. The summed E-state index contributed by atoms with van der Waals surface area (Å²) in [5, 5.41) is 5.99. The van der Waals surface area contributed by atoms with Crippen LogP contribution in [0.3, 0.4) is 0 Å². The van der Waals surface area contributed by atoms with Crippen LogP contribution < -0.4 is 10.6 Å². The molecule has 4 nitrogen and oxygen atoms in total. The molecule has 0 spiro atoms. The van der Waals surface area contributed by atoms with Gasteiger partial charge in [-0.05, 0) is 24.4 Å². The molecule has 0 bridgehead atoms. The fraction of sp³-hybridized carbons (Fsp3) is 0.222. The number of aromatic nitrogens is 1. The zero-order valence-corrected chi connectivity index (χ0v) is 9.65. The Bertz CT molecular complexity index is 366. The Labute approximate surface area is 98.0 Å². The summed E-state index contributed by atoms with van der Waals surface area (Å²) in [6.07, 6.45) is 1.92. The van der Waals surface area contributed by atoms with Crippen LogP contribution in [0.2, 0.25) is 5.15 Å². The van der Waals surface area contributed by atoms with Gasteiger partial charge in [-0.25, -0.2) is 4.98 Å². The van der Waals surface area contributed by atoms with Crippen molar-refractivity contribution in [3.8, 4) is 0 Å². The van der Waals surface area contributed by atoms with Crippen LogP contribution in [-0.4, -0.2) is 16.0 Å². The minimum Gasteiger partial charge on any atom is -0.331 e. The van der Waals surface area contributed by atoms with Gasteiger partial charge in [0.2, 0.25) is 5.91 Å². The number of anilines is 1. The van der Waals surface area contributed by atoms with Crippen molar-refractivity contribution in [3.63, 3.8) is 0 Å². The third kappa shape index (κ3) is 4.22. The van der Waals surface area contributed by atoms with E-state index in [1.54, 1.807) is 19.1 Å². The summed E-state index contributed by atoms with van der Waals surface area (Å²) in [5.41, 5.74) is 0.681. The maximum Gasteiger partial charge on any atom is 0.225 e. The van der Waals surface area contributed by atoms with Gasteiger partial charge in [0.25, 0.3) is 0 Å². The van der Waals surface area contributed by atoms with Gasteiger partial charge in [0.1, 0.15) is 5.15 Å². The molecule has 80 valence electrons. The van der Waals surface area contributed by atoms with Crippen molar-refractivity contribution in [1.82, 2.24) is 10.3 Å². The third-order valence-electron chi connectivity index (χ3n) is 1.56. The van der Waals surface area contributed by atoms with Gasteiger partial charge < -0.3 is 10.6 Å². The first-order chi connectivity index (χ1) is 7.11. The number of nitrogens with zero attached hydrogens (tertiary/aromatic N) is 1. The van der Waals surface area contributed by atoms with Crippen LogP contribution in [0.1, 0.15) is 13.3 Å². The zero-order valence-electron chi connectivity index (χ0n) is 8.08. The maximum absolute atomic E-state index is 11.0. The highest BCUT2D eigenvalue weighted by Gasteiger charge is 2.01. The van der Waals surface area contributed by atoms with Crippen molar-refractivity contribution in [2.45, 2.75) is 13.3 Å². The van der Waals surface area contributed by atoms with E-state index in [-0.39, 0.29) is 11.0 Å². The van der Waals surface area contributed by atoms with E-state index in [4.69, 9.17) is 23.8 Å². The summed E-state index contributed by atoms with van der Waals surface area (Å²) in [4.78, 5) is 14.9. The smallest absolute Gasteiger partial charge is 0.225 e. The minimum absolute atomic E-state index is 0.130. The first-order valence-electron chi connectivity index (χ1n) is 4.34. The predicted molar refractivity (Wildman–Crippen MR) is 63.9 cm³/mol. The van der Waals surface area contributed by atoms with Crippen molar-refractivity contribution in [2.24, 2.45) is 0 Å². The van der Waals surface area contributed by atoms with E-state index in [2.05, 4.69) is 15.6 Å². The number of halogens is 1. The van der Waals surface area contributed by atoms with E-state index in [9.17, 15) is 4.79 Å². The highest BCUT2D eigenvalue weighted by atomic mass is 35.5. The number of thiocarbonyl (C=S) groups is 1. The number of hydrogen-bond acceptors (Lipinski definition) is 3. The van der Waals surface area contributed by atoms with Gasteiger partial charge in [-0.15, -0.1) is 0 Å². The molecule has 0 aliphatic rings. The maximum atomic E-state index is 11.0. The van der Waals surface area contributed by atoms with Crippen LogP contribution in [0, 0.1) is 0 Å². The molecule has 0 radical (unpaired) electrons. The van der Waals surface area contributed by atoms with E-state index in [0.717, 1.165) is 0 Å². The molecule has 1 rings (SSSR count).